The maximum atomic E-state index is 11.5. The summed E-state index contributed by atoms with van der Waals surface area (Å²) in [4.78, 5) is 8.51. The lowest BCUT2D eigenvalue weighted by molar-refractivity contribution is 0.326. The number of nitrogens with zero attached hydrogens (tertiary/aromatic N) is 2. The quantitative estimate of drug-likeness (QED) is 0.684. The first-order valence-corrected chi connectivity index (χ1v) is 5.48. The summed E-state index contributed by atoms with van der Waals surface area (Å²) in [5.41, 5.74) is 1.53. The van der Waals surface area contributed by atoms with E-state index in [-0.39, 0.29) is 11.5 Å². The van der Waals surface area contributed by atoms with Gasteiger partial charge >= 0.3 is 0 Å². The van der Waals surface area contributed by atoms with Gasteiger partial charge in [-0.3, -0.25) is 5.11 Å². The Morgan fingerprint density at radius 3 is 2.44 bits per heavy atom. The number of aromatic nitrogens is 2. The molecule has 1 aromatic heterocycles. The van der Waals surface area contributed by atoms with Crippen molar-refractivity contribution in [3.8, 4) is 17.4 Å². The second-order valence-corrected chi connectivity index (χ2v) is 3.75. The summed E-state index contributed by atoms with van der Waals surface area (Å²) in [6, 6.07) is 14.0. The number of para-hydroxylation sites is 4. The van der Waals surface area contributed by atoms with Gasteiger partial charge in [-0.2, -0.15) is 0 Å². The van der Waals surface area contributed by atoms with Gasteiger partial charge in [-0.25, -0.2) is 9.97 Å². The summed E-state index contributed by atoms with van der Waals surface area (Å²) < 4.78 is 5.43. The molecule has 2 aromatic carbocycles. The fourth-order valence-electron chi connectivity index (χ4n) is 1.64. The molecule has 0 aliphatic rings. The molecule has 0 amide bonds. The topological polar surface area (TPSA) is 54.9 Å². The van der Waals surface area contributed by atoms with Gasteiger partial charge in [-0.15, -0.1) is 0 Å². The van der Waals surface area contributed by atoms with Crippen LogP contribution in [0.1, 0.15) is 0 Å². The van der Waals surface area contributed by atoms with Crippen molar-refractivity contribution in [1.82, 2.24) is 9.97 Å². The fraction of sp³-hybridized carbons (Fsp3) is 0. The molecule has 1 radical (unpaired) electrons. The van der Waals surface area contributed by atoms with Gasteiger partial charge in [0.05, 0.1) is 17.2 Å². The minimum absolute atomic E-state index is 0.174. The van der Waals surface area contributed by atoms with E-state index in [1.54, 1.807) is 18.2 Å². The number of fused-ring (bicyclic) bond motifs is 1. The van der Waals surface area contributed by atoms with E-state index in [9.17, 15) is 5.11 Å². The lowest BCUT2D eigenvalue weighted by atomic mass is 10.3. The third kappa shape index (κ3) is 1.96. The van der Waals surface area contributed by atoms with Crippen LogP contribution in [-0.4, -0.2) is 9.97 Å². The summed E-state index contributed by atoms with van der Waals surface area (Å²) in [6.45, 7) is 0. The minimum Gasteiger partial charge on any atom is -0.433 e. The van der Waals surface area contributed by atoms with Crippen molar-refractivity contribution in [2.45, 2.75) is 0 Å². The second kappa shape index (κ2) is 4.33. The van der Waals surface area contributed by atoms with Gasteiger partial charge in [-0.05, 0) is 24.3 Å². The number of rotatable bonds is 2. The fourth-order valence-corrected chi connectivity index (χ4v) is 1.64. The van der Waals surface area contributed by atoms with Crippen LogP contribution >= 0.6 is 0 Å². The zero-order valence-electron chi connectivity index (χ0n) is 9.41. The molecule has 0 saturated carbocycles. The molecule has 0 atom stereocenters. The number of benzene rings is 2. The molecule has 0 N–H and O–H groups in total. The molecule has 4 nitrogen and oxygen atoms in total. The molecular weight excluding hydrogens is 228 g/mol. The molecule has 18 heavy (non-hydrogen) atoms. The van der Waals surface area contributed by atoms with Crippen LogP contribution in [0, 0.1) is 0 Å². The van der Waals surface area contributed by atoms with Crippen molar-refractivity contribution < 1.29 is 9.84 Å². The predicted octanol–water partition coefficient (Wildman–Crippen LogP) is 3.57. The molecular formula is C14H9N2O2. The average Bonchev–Trinajstić information content (AvgIpc) is 2.41. The standard InChI is InChI=1S/C14H9N2O2/c17-12-7-3-4-8-13(12)18-14-9-15-10-5-1-2-6-11(10)16-14/h1-9H. The maximum absolute atomic E-state index is 11.5. The average molecular weight is 237 g/mol. The van der Waals surface area contributed by atoms with Gasteiger partial charge in [0.25, 0.3) is 0 Å². The van der Waals surface area contributed by atoms with Crippen LogP contribution < -0.4 is 4.74 Å². The highest BCUT2D eigenvalue weighted by Crippen LogP contribution is 2.29. The summed E-state index contributed by atoms with van der Waals surface area (Å²) in [5.74, 6) is 0.395. The second-order valence-electron chi connectivity index (χ2n) is 3.75. The SMILES string of the molecule is [O]c1ccccc1Oc1cnc2ccccc2n1. The van der Waals surface area contributed by atoms with Crippen LogP contribution in [0.25, 0.3) is 11.0 Å². The van der Waals surface area contributed by atoms with Gasteiger partial charge in [0.1, 0.15) is 0 Å². The zero-order valence-corrected chi connectivity index (χ0v) is 9.41. The molecule has 1 heterocycles. The lowest BCUT2D eigenvalue weighted by Crippen LogP contribution is -1.90. The van der Waals surface area contributed by atoms with Crippen molar-refractivity contribution in [2.24, 2.45) is 0 Å². The Labute approximate surface area is 104 Å². The van der Waals surface area contributed by atoms with Crippen molar-refractivity contribution in [2.75, 3.05) is 0 Å². The van der Waals surface area contributed by atoms with Gasteiger partial charge in [0.15, 0.2) is 5.75 Å². The predicted molar refractivity (Wildman–Crippen MR) is 66.2 cm³/mol. The van der Waals surface area contributed by atoms with Crippen molar-refractivity contribution in [1.29, 1.82) is 0 Å². The van der Waals surface area contributed by atoms with Gasteiger partial charge in [0, 0.05) is 0 Å². The van der Waals surface area contributed by atoms with Crippen LogP contribution in [0.2, 0.25) is 0 Å². The van der Waals surface area contributed by atoms with Crippen LogP contribution in [0.15, 0.2) is 54.7 Å². The molecule has 0 aliphatic heterocycles. The molecule has 0 fully saturated rings. The first-order chi connectivity index (χ1) is 8.83. The monoisotopic (exact) mass is 237 g/mol. The highest BCUT2D eigenvalue weighted by atomic mass is 16.5. The molecule has 0 bridgehead atoms. The minimum atomic E-state index is -0.174. The molecule has 87 valence electrons. The Balaban J connectivity index is 1.98. The summed E-state index contributed by atoms with van der Waals surface area (Å²) in [6.07, 6.45) is 1.51. The Bertz CT molecular complexity index is 698. The maximum Gasteiger partial charge on any atom is 0.238 e. The van der Waals surface area contributed by atoms with E-state index in [0.29, 0.717) is 5.88 Å². The molecule has 0 unspecified atom stereocenters. The Morgan fingerprint density at radius 1 is 0.889 bits per heavy atom. The summed E-state index contributed by atoms with van der Waals surface area (Å²) >= 11 is 0. The smallest absolute Gasteiger partial charge is 0.238 e. The number of hydrogen-bond acceptors (Lipinski definition) is 3. The van der Waals surface area contributed by atoms with E-state index in [1.165, 1.54) is 12.3 Å². The van der Waals surface area contributed by atoms with Crippen LogP contribution in [0.5, 0.6) is 17.4 Å². The van der Waals surface area contributed by atoms with Crippen molar-refractivity contribution in [3.05, 3.63) is 54.7 Å². The largest absolute Gasteiger partial charge is 0.433 e. The lowest BCUT2D eigenvalue weighted by Gasteiger charge is -2.05. The first-order valence-electron chi connectivity index (χ1n) is 5.48. The summed E-state index contributed by atoms with van der Waals surface area (Å²) in [5, 5.41) is 11.5. The number of hydrogen-bond donors (Lipinski definition) is 0. The van der Waals surface area contributed by atoms with E-state index in [0.717, 1.165) is 11.0 Å². The molecule has 3 rings (SSSR count). The third-order valence-corrected chi connectivity index (χ3v) is 2.49. The third-order valence-electron chi connectivity index (χ3n) is 2.49. The normalized spacial score (nSPS) is 10.4. The Morgan fingerprint density at radius 2 is 1.61 bits per heavy atom. The molecule has 4 heteroatoms. The van der Waals surface area contributed by atoms with E-state index in [1.807, 2.05) is 24.3 Å². The van der Waals surface area contributed by atoms with Gasteiger partial charge < -0.3 is 4.74 Å². The van der Waals surface area contributed by atoms with E-state index < -0.39 is 0 Å². The van der Waals surface area contributed by atoms with Crippen molar-refractivity contribution in [3.63, 3.8) is 0 Å². The number of ether oxygens (including phenoxy) is 1. The molecule has 0 spiro atoms. The zero-order chi connectivity index (χ0) is 12.4. The first kappa shape index (κ1) is 10.5. The highest BCUT2D eigenvalue weighted by Gasteiger charge is 2.06. The van der Waals surface area contributed by atoms with Crippen LogP contribution in [-0.2, 0) is 5.11 Å². The van der Waals surface area contributed by atoms with Crippen LogP contribution in [0.4, 0.5) is 0 Å². The molecule has 3 aromatic rings. The molecule has 0 saturated heterocycles. The Hall–Kier alpha value is -2.62. The summed E-state index contributed by atoms with van der Waals surface area (Å²) in [7, 11) is 0. The van der Waals surface area contributed by atoms with E-state index in [4.69, 9.17) is 4.74 Å². The van der Waals surface area contributed by atoms with Gasteiger partial charge in [-0.1, -0.05) is 24.3 Å². The van der Waals surface area contributed by atoms with Gasteiger partial charge in [0.2, 0.25) is 11.6 Å². The molecule has 0 aliphatic carbocycles. The van der Waals surface area contributed by atoms with E-state index >= 15 is 0 Å². The van der Waals surface area contributed by atoms with Crippen molar-refractivity contribution >= 4 is 11.0 Å². The van der Waals surface area contributed by atoms with E-state index in [2.05, 4.69) is 9.97 Å². The van der Waals surface area contributed by atoms with Crippen LogP contribution in [0.3, 0.4) is 0 Å². The Kier molecular flexibility index (Phi) is 2.53. The highest BCUT2D eigenvalue weighted by molar-refractivity contribution is 5.74.